The first-order valence-electron chi connectivity index (χ1n) is 6.05. The Kier molecular flexibility index (Phi) is 8.74. The van der Waals surface area contributed by atoms with Crippen molar-refractivity contribution in [3.63, 3.8) is 0 Å². The Hall–Kier alpha value is -2.85. The van der Waals surface area contributed by atoms with Crippen LogP contribution in [0.15, 0.2) is 48.8 Å². The van der Waals surface area contributed by atoms with Gasteiger partial charge in [0.2, 0.25) is 0 Å². The first kappa shape index (κ1) is 20.1. The maximum Gasteiger partial charge on any atom is 0.283 e. The van der Waals surface area contributed by atoms with E-state index in [1.54, 1.807) is 21.3 Å². The Morgan fingerprint density at radius 3 is 1.35 bits per heavy atom. The van der Waals surface area contributed by atoms with Crippen LogP contribution < -0.4 is 9.13 Å². The quantitative estimate of drug-likeness (QED) is 0.359. The fourth-order valence-electron chi connectivity index (χ4n) is 1.28. The Morgan fingerprint density at radius 1 is 0.870 bits per heavy atom. The van der Waals surface area contributed by atoms with E-state index in [0.717, 1.165) is 0 Å². The lowest BCUT2D eigenvalue weighted by Crippen LogP contribution is -2.30. The van der Waals surface area contributed by atoms with Crippen molar-refractivity contribution >= 4 is 10.4 Å². The van der Waals surface area contributed by atoms with E-state index in [1.165, 1.54) is 0 Å². The van der Waals surface area contributed by atoms with Crippen LogP contribution in [0, 0.1) is 22.7 Å². The maximum absolute atomic E-state index is 8.52. The molecule has 2 aromatic heterocycles. The van der Waals surface area contributed by atoms with Crippen LogP contribution in [-0.4, -0.2) is 17.5 Å². The number of hydrogen-bond acceptors (Lipinski definition) is 6. The number of rotatable bonds is 0. The van der Waals surface area contributed by atoms with Gasteiger partial charge < -0.3 is 9.11 Å². The van der Waals surface area contributed by atoms with Gasteiger partial charge in [0.15, 0.2) is 24.5 Å². The first-order chi connectivity index (χ1) is 10.7. The summed E-state index contributed by atoms with van der Waals surface area (Å²) in [6.07, 6.45) is 3.69. The summed E-state index contributed by atoms with van der Waals surface area (Å²) < 4.78 is 37.6. The molecule has 0 aliphatic carbocycles. The van der Waals surface area contributed by atoms with Crippen molar-refractivity contribution in [2.75, 3.05) is 0 Å². The zero-order chi connectivity index (χ0) is 17.9. The summed E-state index contributed by atoms with van der Waals surface area (Å²) in [7, 11) is -1.48. The van der Waals surface area contributed by atoms with Crippen LogP contribution in [0.5, 0.6) is 0 Å². The predicted molar refractivity (Wildman–Crippen MR) is 75.1 cm³/mol. The second-order valence-electron chi connectivity index (χ2n) is 4.03. The molecule has 0 amide bonds. The lowest BCUT2D eigenvalue weighted by atomic mass is 10.4. The van der Waals surface area contributed by atoms with Crippen LogP contribution in [0.1, 0.15) is 11.4 Å². The van der Waals surface area contributed by atoms with Crippen LogP contribution in [-0.2, 0) is 24.5 Å². The number of aryl methyl sites for hydroxylation is 2. The zero-order valence-corrected chi connectivity index (χ0v) is 13.3. The Labute approximate surface area is 134 Å². The third-order valence-electron chi connectivity index (χ3n) is 2.34. The summed E-state index contributed by atoms with van der Waals surface area (Å²) in [6.45, 7) is 0. The smallest absolute Gasteiger partial charge is 0.283 e. The van der Waals surface area contributed by atoms with Crippen LogP contribution in [0.25, 0.3) is 0 Å². The van der Waals surface area contributed by atoms with Gasteiger partial charge in [-0.2, -0.15) is 19.7 Å². The van der Waals surface area contributed by atoms with Gasteiger partial charge in [0.1, 0.15) is 14.1 Å². The van der Waals surface area contributed by atoms with E-state index in [2.05, 4.69) is 12.1 Å². The summed E-state index contributed by atoms with van der Waals surface area (Å²) in [4.78, 5) is 0. The highest BCUT2D eigenvalue weighted by atomic mass is 32.3. The lowest BCUT2D eigenvalue weighted by molar-refractivity contribution is -0.674. The lowest BCUT2D eigenvalue weighted by Gasteiger charge is -2.06. The molecule has 0 saturated carbocycles. The monoisotopic (exact) mass is 334 g/mol. The van der Waals surface area contributed by atoms with Gasteiger partial charge in [-0.05, 0) is 12.1 Å². The van der Waals surface area contributed by atoms with Crippen molar-refractivity contribution in [3.05, 3.63) is 60.2 Å². The van der Waals surface area contributed by atoms with E-state index in [1.807, 2.05) is 50.8 Å². The van der Waals surface area contributed by atoms with Gasteiger partial charge in [-0.3, -0.25) is 8.42 Å². The van der Waals surface area contributed by atoms with Crippen molar-refractivity contribution in [2.24, 2.45) is 14.1 Å². The maximum atomic E-state index is 8.52. The first-order valence-corrected chi connectivity index (χ1v) is 7.38. The number of hydrogen-bond donors (Lipinski definition) is 0. The number of pyridine rings is 2. The molecule has 9 heteroatoms. The summed E-state index contributed by atoms with van der Waals surface area (Å²) in [5.41, 5.74) is 1.36. The molecule has 0 bridgehead atoms. The van der Waals surface area contributed by atoms with E-state index in [0.29, 0.717) is 11.4 Å². The molecule has 0 fully saturated rings. The van der Waals surface area contributed by atoms with E-state index in [4.69, 9.17) is 28.0 Å². The van der Waals surface area contributed by atoms with Crippen LogP contribution in [0.2, 0.25) is 0 Å². The molecule has 2 aromatic rings. The molecular weight excluding hydrogens is 320 g/mol. The van der Waals surface area contributed by atoms with Crippen LogP contribution in [0.4, 0.5) is 0 Å². The molecule has 23 heavy (non-hydrogen) atoms. The fourth-order valence-corrected chi connectivity index (χ4v) is 1.28. The van der Waals surface area contributed by atoms with Crippen molar-refractivity contribution < 1.29 is 26.7 Å². The van der Waals surface area contributed by atoms with Crippen molar-refractivity contribution in [3.8, 4) is 12.1 Å². The number of aromatic nitrogens is 2. The standard InChI is InChI=1S/2C7H7N2.H2O4S/c2*1-9-5-3-2-4-7(9)6-8;1-5(2,3)4/h2*2-5H,1H3;(H2,1,2,3,4)/q2*+1;/p-2. The van der Waals surface area contributed by atoms with E-state index >= 15 is 0 Å². The van der Waals surface area contributed by atoms with E-state index in [-0.39, 0.29) is 0 Å². The van der Waals surface area contributed by atoms with Gasteiger partial charge >= 0.3 is 0 Å². The average Bonchev–Trinajstić information content (AvgIpc) is 2.47. The topological polar surface area (TPSA) is 136 Å². The molecule has 0 atom stereocenters. The summed E-state index contributed by atoms with van der Waals surface area (Å²) in [6, 6.07) is 15.1. The van der Waals surface area contributed by atoms with Crippen LogP contribution >= 0.6 is 0 Å². The molecule has 0 aromatic carbocycles. The number of nitriles is 2. The minimum absolute atomic E-state index is 0.678. The van der Waals surface area contributed by atoms with Crippen molar-refractivity contribution in [1.82, 2.24) is 0 Å². The van der Waals surface area contributed by atoms with E-state index in [9.17, 15) is 0 Å². The fraction of sp³-hybridized carbons (Fsp3) is 0.143. The Balaban J connectivity index is 0.000000332. The second kappa shape index (κ2) is 9.97. The SMILES string of the molecule is C[n+]1ccccc1C#N.C[n+]1ccccc1C#N.O=S(=O)([O-])[O-]. The van der Waals surface area contributed by atoms with Gasteiger partial charge in [0, 0.05) is 34.7 Å². The molecule has 0 saturated heterocycles. The van der Waals surface area contributed by atoms with Gasteiger partial charge in [-0.1, -0.05) is 0 Å². The molecule has 0 unspecified atom stereocenters. The minimum Gasteiger partial charge on any atom is -0.759 e. The third-order valence-corrected chi connectivity index (χ3v) is 2.34. The molecule has 120 valence electrons. The highest BCUT2D eigenvalue weighted by Crippen LogP contribution is 1.85. The van der Waals surface area contributed by atoms with Crippen molar-refractivity contribution in [1.29, 1.82) is 10.5 Å². The average molecular weight is 334 g/mol. The summed E-state index contributed by atoms with van der Waals surface area (Å²) in [5.74, 6) is 0. The largest absolute Gasteiger partial charge is 0.759 e. The molecule has 0 spiro atoms. The number of nitrogens with zero attached hydrogens (tertiary/aromatic N) is 4. The zero-order valence-electron chi connectivity index (χ0n) is 12.4. The highest BCUT2D eigenvalue weighted by molar-refractivity contribution is 7.79. The molecule has 8 nitrogen and oxygen atoms in total. The van der Waals surface area contributed by atoms with E-state index < -0.39 is 10.4 Å². The van der Waals surface area contributed by atoms with Crippen LogP contribution in [0.3, 0.4) is 0 Å². The Bertz CT molecular complexity index is 760. The van der Waals surface area contributed by atoms with Gasteiger partial charge in [0.25, 0.3) is 11.4 Å². The highest BCUT2D eigenvalue weighted by Gasteiger charge is 1.99. The van der Waals surface area contributed by atoms with Gasteiger partial charge in [0.05, 0.1) is 0 Å². The molecule has 0 aliphatic heterocycles. The summed E-state index contributed by atoms with van der Waals surface area (Å²) in [5, 5.41) is 16.9. The minimum atomic E-state index is -5.17. The molecular formula is C14H14N4O4S. The molecule has 2 rings (SSSR count). The second-order valence-corrected chi connectivity index (χ2v) is 4.84. The van der Waals surface area contributed by atoms with Gasteiger partial charge in [-0.25, -0.2) is 0 Å². The molecule has 2 heterocycles. The molecule has 0 aliphatic rings. The normalized spacial score (nSPS) is 9.13. The van der Waals surface area contributed by atoms with Gasteiger partial charge in [-0.15, -0.1) is 0 Å². The van der Waals surface area contributed by atoms with Crippen molar-refractivity contribution in [2.45, 2.75) is 0 Å². The summed E-state index contributed by atoms with van der Waals surface area (Å²) >= 11 is 0. The molecule has 0 N–H and O–H groups in total. The predicted octanol–water partition coefficient (Wildman–Crippen LogP) is -0.572. The Morgan fingerprint density at radius 2 is 1.17 bits per heavy atom. The molecule has 0 radical (unpaired) electrons. The third kappa shape index (κ3) is 10.5.